The first-order valence-corrected chi connectivity index (χ1v) is 7.45. The Kier molecular flexibility index (Phi) is 3.15. The fraction of sp³-hybridized carbons (Fsp3) is 0.857. The van der Waals surface area contributed by atoms with E-state index in [0.717, 1.165) is 38.3 Å². The molecule has 2 unspecified atom stereocenters. The van der Waals surface area contributed by atoms with E-state index in [1.54, 1.807) is 0 Å². The minimum absolute atomic E-state index is 0.0897. The molecule has 19 heavy (non-hydrogen) atoms. The van der Waals surface area contributed by atoms with Crippen LogP contribution in [0.25, 0.3) is 0 Å². The molecule has 3 rings (SSSR count). The van der Waals surface area contributed by atoms with E-state index < -0.39 is 5.41 Å². The maximum atomic E-state index is 12.6. The maximum Gasteiger partial charge on any atom is 0.236 e. The van der Waals surface area contributed by atoms with Crippen LogP contribution in [0.15, 0.2) is 5.16 Å². The maximum absolute atomic E-state index is 12.6. The largest absolute Gasteiger partial charge is 0.409 e. The lowest BCUT2D eigenvalue weighted by Crippen LogP contribution is -2.50. The van der Waals surface area contributed by atoms with Crippen molar-refractivity contribution < 1.29 is 10.0 Å². The van der Waals surface area contributed by atoms with E-state index in [4.69, 9.17) is 10.9 Å². The molecule has 2 aliphatic carbocycles. The second-order valence-corrected chi connectivity index (χ2v) is 6.41. The van der Waals surface area contributed by atoms with Crippen LogP contribution in [0.1, 0.15) is 44.9 Å². The standard InChI is InChI=1S/C14H23N3O2/c15-12(16-19)14(6-7-14)13(18)17-8-5-10-3-1-2-4-11(10)9-17/h10-11,19H,1-9H2,(H2,15,16). The third-order valence-electron chi connectivity index (χ3n) is 5.34. The van der Waals surface area contributed by atoms with Crippen molar-refractivity contribution in [2.45, 2.75) is 44.9 Å². The Labute approximate surface area is 113 Å². The molecular formula is C14H23N3O2. The Morgan fingerprint density at radius 3 is 2.53 bits per heavy atom. The van der Waals surface area contributed by atoms with Crippen LogP contribution in [0.3, 0.4) is 0 Å². The van der Waals surface area contributed by atoms with Gasteiger partial charge in [0.2, 0.25) is 5.91 Å². The number of amides is 1. The van der Waals surface area contributed by atoms with Crippen molar-refractivity contribution in [1.82, 2.24) is 4.90 Å². The number of fused-ring (bicyclic) bond motifs is 1. The van der Waals surface area contributed by atoms with Gasteiger partial charge in [-0.1, -0.05) is 24.4 Å². The first-order valence-electron chi connectivity index (χ1n) is 7.45. The summed E-state index contributed by atoms with van der Waals surface area (Å²) < 4.78 is 0. The highest BCUT2D eigenvalue weighted by Gasteiger charge is 2.56. The van der Waals surface area contributed by atoms with Crippen molar-refractivity contribution in [3.05, 3.63) is 0 Å². The molecule has 0 aromatic carbocycles. The average molecular weight is 265 g/mol. The number of amidine groups is 1. The fourth-order valence-corrected chi connectivity index (χ4v) is 3.89. The van der Waals surface area contributed by atoms with Crippen molar-refractivity contribution in [1.29, 1.82) is 0 Å². The normalized spacial score (nSPS) is 33.7. The van der Waals surface area contributed by atoms with Gasteiger partial charge in [0.15, 0.2) is 5.84 Å². The summed E-state index contributed by atoms with van der Waals surface area (Å²) in [7, 11) is 0. The van der Waals surface area contributed by atoms with Crippen LogP contribution in [0, 0.1) is 17.3 Å². The molecule has 1 saturated heterocycles. The van der Waals surface area contributed by atoms with Crippen LogP contribution in [-0.4, -0.2) is 34.9 Å². The van der Waals surface area contributed by atoms with E-state index in [9.17, 15) is 4.79 Å². The van der Waals surface area contributed by atoms with Crippen LogP contribution in [0.4, 0.5) is 0 Å². The molecule has 3 aliphatic rings. The van der Waals surface area contributed by atoms with Gasteiger partial charge in [-0.3, -0.25) is 4.79 Å². The third-order valence-corrected chi connectivity index (χ3v) is 5.34. The van der Waals surface area contributed by atoms with Crippen LogP contribution in [0.2, 0.25) is 0 Å². The van der Waals surface area contributed by atoms with Crippen molar-refractivity contribution in [3.8, 4) is 0 Å². The van der Waals surface area contributed by atoms with E-state index in [2.05, 4.69) is 5.16 Å². The summed E-state index contributed by atoms with van der Waals surface area (Å²) in [4.78, 5) is 14.6. The molecule has 2 saturated carbocycles. The van der Waals surface area contributed by atoms with Crippen molar-refractivity contribution in [3.63, 3.8) is 0 Å². The van der Waals surface area contributed by atoms with Crippen molar-refractivity contribution >= 4 is 11.7 Å². The second kappa shape index (κ2) is 4.69. The number of likely N-dealkylation sites (tertiary alicyclic amines) is 1. The van der Waals surface area contributed by atoms with Gasteiger partial charge in [-0.2, -0.15) is 0 Å². The summed E-state index contributed by atoms with van der Waals surface area (Å²) in [5.74, 6) is 1.68. The van der Waals surface area contributed by atoms with Crippen LogP contribution < -0.4 is 5.73 Å². The molecular weight excluding hydrogens is 242 g/mol. The zero-order valence-electron chi connectivity index (χ0n) is 11.3. The number of hydrogen-bond donors (Lipinski definition) is 2. The Morgan fingerprint density at radius 2 is 1.89 bits per heavy atom. The van der Waals surface area contributed by atoms with E-state index in [0.29, 0.717) is 5.92 Å². The number of carbonyl (C=O) groups is 1. The summed E-state index contributed by atoms with van der Waals surface area (Å²) >= 11 is 0. The summed E-state index contributed by atoms with van der Waals surface area (Å²) in [6, 6.07) is 0. The van der Waals surface area contributed by atoms with Gasteiger partial charge in [0.1, 0.15) is 5.41 Å². The van der Waals surface area contributed by atoms with Gasteiger partial charge in [-0.15, -0.1) is 0 Å². The van der Waals surface area contributed by atoms with Gasteiger partial charge >= 0.3 is 0 Å². The lowest BCUT2D eigenvalue weighted by Gasteiger charge is -2.42. The predicted octanol–water partition coefficient (Wildman–Crippen LogP) is 1.55. The van der Waals surface area contributed by atoms with Crippen molar-refractivity contribution in [2.75, 3.05) is 13.1 Å². The van der Waals surface area contributed by atoms with Crippen LogP contribution in [0.5, 0.6) is 0 Å². The topological polar surface area (TPSA) is 78.9 Å². The van der Waals surface area contributed by atoms with E-state index in [1.807, 2.05) is 4.90 Å². The quantitative estimate of drug-likeness (QED) is 0.344. The number of oxime groups is 1. The molecule has 0 aromatic rings. The molecule has 1 aliphatic heterocycles. The first-order chi connectivity index (χ1) is 9.17. The molecule has 1 heterocycles. The smallest absolute Gasteiger partial charge is 0.236 e. The number of rotatable bonds is 2. The highest BCUT2D eigenvalue weighted by atomic mass is 16.4. The molecule has 2 atom stereocenters. The number of piperidine rings is 1. The SMILES string of the molecule is NC(=NO)C1(C(=O)N2CCC3CCCCC3C2)CC1. The third kappa shape index (κ3) is 2.09. The number of carbonyl (C=O) groups excluding carboxylic acids is 1. The van der Waals surface area contributed by atoms with Gasteiger partial charge in [0.25, 0.3) is 0 Å². The van der Waals surface area contributed by atoms with E-state index in [-0.39, 0.29) is 11.7 Å². The van der Waals surface area contributed by atoms with E-state index >= 15 is 0 Å². The van der Waals surface area contributed by atoms with E-state index in [1.165, 1.54) is 25.7 Å². The molecule has 5 heteroatoms. The summed E-state index contributed by atoms with van der Waals surface area (Å²) in [6.45, 7) is 1.73. The molecule has 0 spiro atoms. The molecule has 0 radical (unpaired) electrons. The molecule has 1 amide bonds. The van der Waals surface area contributed by atoms with Crippen molar-refractivity contribution in [2.24, 2.45) is 28.1 Å². The van der Waals surface area contributed by atoms with Crippen LogP contribution >= 0.6 is 0 Å². The van der Waals surface area contributed by atoms with Gasteiger partial charge in [0, 0.05) is 13.1 Å². The molecule has 0 aromatic heterocycles. The number of nitrogens with zero attached hydrogens (tertiary/aromatic N) is 2. The zero-order valence-corrected chi connectivity index (χ0v) is 11.3. The summed E-state index contributed by atoms with van der Waals surface area (Å²) in [5, 5.41) is 11.9. The summed E-state index contributed by atoms with van der Waals surface area (Å²) in [6.07, 6.45) is 7.82. The Balaban J connectivity index is 1.68. The number of hydrogen-bond acceptors (Lipinski definition) is 3. The van der Waals surface area contributed by atoms with Crippen LogP contribution in [-0.2, 0) is 4.79 Å². The number of nitrogens with two attached hydrogens (primary N) is 1. The van der Waals surface area contributed by atoms with Gasteiger partial charge < -0.3 is 15.8 Å². The Morgan fingerprint density at radius 1 is 1.21 bits per heavy atom. The lowest BCUT2D eigenvalue weighted by atomic mass is 9.75. The monoisotopic (exact) mass is 265 g/mol. The fourth-order valence-electron chi connectivity index (χ4n) is 3.89. The van der Waals surface area contributed by atoms with Gasteiger partial charge in [-0.05, 0) is 37.5 Å². The Bertz CT molecular complexity index is 403. The molecule has 5 nitrogen and oxygen atoms in total. The average Bonchev–Trinajstić information content (AvgIpc) is 3.26. The van der Waals surface area contributed by atoms with Gasteiger partial charge in [-0.25, -0.2) is 0 Å². The molecule has 106 valence electrons. The zero-order chi connectivity index (χ0) is 13.5. The molecule has 3 N–H and O–H groups in total. The summed E-state index contributed by atoms with van der Waals surface area (Å²) in [5.41, 5.74) is 5.03. The lowest BCUT2D eigenvalue weighted by molar-refractivity contribution is -0.137. The minimum atomic E-state index is -0.670. The minimum Gasteiger partial charge on any atom is -0.409 e. The van der Waals surface area contributed by atoms with Gasteiger partial charge in [0.05, 0.1) is 0 Å². The molecule has 0 bridgehead atoms. The predicted molar refractivity (Wildman–Crippen MR) is 71.7 cm³/mol. The highest BCUT2D eigenvalue weighted by molar-refractivity contribution is 6.09. The second-order valence-electron chi connectivity index (χ2n) is 6.41. The first kappa shape index (κ1) is 12.8. The highest BCUT2D eigenvalue weighted by Crippen LogP contribution is 2.48. The Hall–Kier alpha value is -1.26. The molecule has 3 fully saturated rings.